The third kappa shape index (κ3) is 6.27. The Morgan fingerprint density at radius 2 is 1.76 bits per heavy atom. The maximum absolute atomic E-state index is 14.1. The second-order valence-corrected chi connectivity index (χ2v) is 9.91. The molecule has 0 N–H and O–H groups in total. The average Bonchev–Trinajstić information content (AvgIpc) is 3.39. The van der Waals surface area contributed by atoms with Crippen molar-refractivity contribution in [1.82, 2.24) is 9.88 Å². The lowest BCUT2D eigenvalue weighted by molar-refractivity contribution is 0.0376. The molecule has 0 atom stereocenters. The van der Waals surface area contributed by atoms with Crippen molar-refractivity contribution in [3.8, 4) is 17.2 Å². The standard InChI is InChI=1S/C29H31N3O4S.ClH/c1-21-13-14-25(34-2)26-27(21)37-29(30-26)32(16-8-15-31-17-19-35-20-18-31)28(33)23-11-6-7-12-24(23)36-22-9-4-3-5-10-22;/h3-7,9-14H,8,15-20H2,1-2H3;1H. The van der Waals surface area contributed by atoms with Gasteiger partial charge in [0.05, 0.1) is 30.6 Å². The number of benzene rings is 3. The molecule has 0 saturated carbocycles. The molecule has 7 nitrogen and oxygen atoms in total. The Hall–Kier alpha value is -3.17. The van der Waals surface area contributed by atoms with Gasteiger partial charge in [-0.3, -0.25) is 14.6 Å². The number of hydrogen-bond donors (Lipinski definition) is 0. The number of carbonyl (C=O) groups is 1. The van der Waals surface area contributed by atoms with Crippen LogP contribution in [0.15, 0.2) is 66.7 Å². The van der Waals surface area contributed by atoms with Gasteiger partial charge in [0.15, 0.2) is 5.13 Å². The molecule has 1 amide bonds. The molecular weight excluding hydrogens is 522 g/mol. The minimum Gasteiger partial charge on any atom is -0.494 e. The number of carbonyl (C=O) groups excluding carboxylic acids is 1. The van der Waals surface area contributed by atoms with Crippen LogP contribution in [0.2, 0.25) is 0 Å². The lowest BCUT2D eigenvalue weighted by Crippen LogP contribution is -2.39. The Kier molecular flexibility index (Phi) is 9.58. The van der Waals surface area contributed by atoms with Gasteiger partial charge in [-0.15, -0.1) is 12.4 Å². The molecule has 200 valence electrons. The van der Waals surface area contributed by atoms with Crippen molar-refractivity contribution in [1.29, 1.82) is 0 Å². The van der Waals surface area contributed by atoms with Gasteiger partial charge in [-0.25, -0.2) is 4.98 Å². The van der Waals surface area contributed by atoms with Gasteiger partial charge in [0.2, 0.25) is 0 Å². The number of ether oxygens (including phenoxy) is 3. The Balaban J connectivity index is 0.00000336. The summed E-state index contributed by atoms with van der Waals surface area (Å²) < 4.78 is 18.2. The van der Waals surface area contributed by atoms with Crippen LogP contribution in [0.3, 0.4) is 0 Å². The molecule has 38 heavy (non-hydrogen) atoms. The van der Waals surface area contributed by atoms with E-state index in [0.29, 0.717) is 34.5 Å². The van der Waals surface area contributed by atoms with Crippen molar-refractivity contribution >= 4 is 45.0 Å². The minimum atomic E-state index is -0.135. The van der Waals surface area contributed by atoms with Crippen LogP contribution in [-0.2, 0) is 4.74 Å². The van der Waals surface area contributed by atoms with Crippen molar-refractivity contribution in [3.05, 3.63) is 77.9 Å². The molecule has 9 heteroatoms. The number of methoxy groups -OCH3 is 1. The van der Waals surface area contributed by atoms with E-state index < -0.39 is 0 Å². The average molecular weight is 554 g/mol. The van der Waals surface area contributed by atoms with Gasteiger partial charge < -0.3 is 14.2 Å². The maximum atomic E-state index is 14.1. The molecule has 0 bridgehead atoms. The predicted octanol–water partition coefficient (Wildman–Crippen LogP) is 6.20. The van der Waals surface area contributed by atoms with E-state index in [0.717, 1.165) is 55.0 Å². The second kappa shape index (κ2) is 13.1. The van der Waals surface area contributed by atoms with Gasteiger partial charge in [-0.05, 0) is 49.2 Å². The molecular formula is C29H32ClN3O4S. The molecule has 3 aromatic carbocycles. The zero-order chi connectivity index (χ0) is 25.6. The molecule has 0 aliphatic carbocycles. The molecule has 1 aliphatic heterocycles. The number of anilines is 1. The summed E-state index contributed by atoms with van der Waals surface area (Å²) in [6, 6.07) is 20.9. The largest absolute Gasteiger partial charge is 0.494 e. The Morgan fingerprint density at radius 1 is 1.03 bits per heavy atom. The number of hydrogen-bond acceptors (Lipinski definition) is 7. The van der Waals surface area contributed by atoms with E-state index in [-0.39, 0.29) is 18.3 Å². The number of halogens is 1. The van der Waals surface area contributed by atoms with Gasteiger partial charge in [0.25, 0.3) is 5.91 Å². The van der Waals surface area contributed by atoms with E-state index in [1.807, 2.05) is 66.7 Å². The molecule has 5 rings (SSSR count). The molecule has 0 radical (unpaired) electrons. The predicted molar refractivity (Wildman–Crippen MR) is 155 cm³/mol. The van der Waals surface area contributed by atoms with Gasteiger partial charge in [0, 0.05) is 26.2 Å². The number of aryl methyl sites for hydroxylation is 1. The highest BCUT2D eigenvalue weighted by Gasteiger charge is 2.25. The SMILES string of the molecule is COc1ccc(C)c2sc(N(CCCN3CCOCC3)C(=O)c3ccccc3Oc3ccccc3)nc12.Cl. The first kappa shape index (κ1) is 27.9. The zero-order valence-electron chi connectivity index (χ0n) is 21.6. The quantitative estimate of drug-likeness (QED) is 0.246. The summed E-state index contributed by atoms with van der Waals surface area (Å²) in [5.74, 6) is 1.77. The number of nitrogens with zero attached hydrogens (tertiary/aromatic N) is 3. The van der Waals surface area contributed by atoms with E-state index in [2.05, 4.69) is 11.8 Å². The number of rotatable bonds is 9. The molecule has 1 fully saturated rings. The van der Waals surface area contributed by atoms with Crippen LogP contribution in [0.1, 0.15) is 22.3 Å². The first-order chi connectivity index (χ1) is 18.1. The van der Waals surface area contributed by atoms with Crippen molar-refractivity contribution in [2.75, 3.05) is 51.4 Å². The topological polar surface area (TPSA) is 64.1 Å². The van der Waals surface area contributed by atoms with E-state index in [1.165, 1.54) is 11.3 Å². The third-order valence-corrected chi connectivity index (χ3v) is 7.65. The minimum absolute atomic E-state index is 0. The summed E-state index contributed by atoms with van der Waals surface area (Å²) in [6.07, 6.45) is 0.819. The fourth-order valence-corrected chi connectivity index (χ4v) is 5.51. The van der Waals surface area contributed by atoms with Crippen LogP contribution >= 0.6 is 23.7 Å². The lowest BCUT2D eigenvalue weighted by Gasteiger charge is -2.28. The Bertz CT molecular complexity index is 1360. The molecule has 1 aliphatic rings. The molecule has 0 unspecified atom stereocenters. The Labute approximate surface area is 233 Å². The van der Waals surface area contributed by atoms with Gasteiger partial charge in [-0.1, -0.05) is 47.7 Å². The fourth-order valence-electron chi connectivity index (χ4n) is 4.43. The molecule has 4 aromatic rings. The number of fused-ring (bicyclic) bond motifs is 1. The van der Waals surface area contributed by atoms with Crippen molar-refractivity contribution in [2.45, 2.75) is 13.3 Å². The normalized spacial score (nSPS) is 13.6. The molecule has 1 saturated heterocycles. The van der Waals surface area contributed by atoms with Crippen molar-refractivity contribution in [3.63, 3.8) is 0 Å². The van der Waals surface area contributed by atoms with Gasteiger partial charge >= 0.3 is 0 Å². The van der Waals surface area contributed by atoms with Crippen LogP contribution in [0, 0.1) is 6.92 Å². The highest BCUT2D eigenvalue weighted by molar-refractivity contribution is 7.22. The highest BCUT2D eigenvalue weighted by atomic mass is 35.5. The Morgan fingerprint density at radius 3 is 2.53 bits per heavy atom. The number of para-hydroxylation sites is 2. The first-order valence-corrected chi connectivity index (χ1v) is 13.3. The van der Waals surface area contributed by atoms with E-state index >= 15 is 0 Å². The molecule has 1 aromatic heterocycles. The fraction of sp³-hybridized carbons (Fsp3) is 0.310. The number of morpholine rings is 1. The lowest BCUT2D eigenvalue weighted by atomic mass is 10.1. The number of aromatic nitrogens is 1. The second-order valence-electron chi connectivity index (χ2n) is 8.93. The monoisotopic (exact) mass is 553 g/mol. The smallest absolute Gasteiger partial charge is 0.263 e. The summed E-state index contributed by atoms with van der Waals surface area (Å²) in [6.45, 7) is 6.82. The van der Waals surface area contributed by atoms with Crippen LogP contribution in [0.5, 0.6) is 17.2 Å². The summed E-state index contributed by atoms with van der Waals surface area (Å²) >= 11 is 1.52. The number of amides is 1. The van der Waals surface area contributed by atoms with Crippen LogP contribution in [0.25, 0.3) is 10.2 Å². The van der Waals surface area contributed by atoms with Gasteiger partial charge in [0.1, 0.15) is 22.8 Å². The van der Waals surface area contributed by atoms with E-state index in [4.69, 9.17) is 19.2 Å². The third-order valence-electron chi connectivity index (χ3n) is 6.44. The highest BCUT2D eigenvalue weighted by Crippen LogP contribution is 2.37. The molecule has 2 heterocycles. The van der Waals surface area contributed by atoms with Crippen LogP contribution in [0.4, 0.5) is 5.13 Å². The van der Waals surface area contributed by atoms with Crippen molar-refractivity contribution < 1.29 is 19.0 Å². The van der Waals surface area contributed by atoms with Crippen molar-refractivity contribution in [2.24, 2.45) is 0 Å². The summed E-state index contributed by atoms with van der Waals surface area (Å²) in [7, 11) is 1.64. The van der Waals surface area contributed by atoms with E-state index in [9.17, 15) is 4.79 Å². The zero-order valence-corrected chi connectivity index (χ0v) is 23.2. The van der Waals surface area contributed by atoms with Crippen LogP contribution in [-0.4, -0.2) is 62.3 Å². The first-order valence-electron chi connectivity index (χ1n) is 12.5. The summed E-state index contributed by atoms with van der Waals surface area (Å²) in [5.41, 5.74) is 2.39. The number of thiazole rings is 1. The van der Waals surface area contributed by atoms with E-state index in [1.54, 1.807) is 12.0 Å². The molecule has 0 spiro atoms. The van der Waals surface area contributed by atoms with Crippen LogP contribution < -0.4 is 14.4 Å². The summed E-state index contributed by atoms with van der Waals surface area (Å²) in [5, 5.41) is 0.657. The summed E-state index contributed by atoms with van der Waals surface area (Å²) in [4.78, 5) is 23.2. The van der Waals surface area contributed by atoms with Gasteiger partial charge in [-0.2, -0.15) is 0 Å². The maximum Gasteiger partial charge on any atom is 0.263 e.